The van der Waals surface area contributed by atoms with Crippen LogP contribution in [0.2, 0.25) is 0 Å². The van der Waals surface area contributed by atoms with E-state index in [9.17, 15) is 13.8 Å². The van der Waals surface area contributed by atoms with E-state index in [1.807, 2.05) is 60.7 Å². The van der Waals surface area contributed by atoms with Crippen LogP contribution in [-0.4, -0.2) is 25.3 Å². The summed E-state index contributed by atoms with van der Waals surface area (Å²) >= 11 is 3.09. The number of cyclic esters (lactones) is 1. The molecule has 7 nitrogen and oxygen atoms in total. The van der Waals surface area contributed by atoms with Crippen molar-refractivity contribution >= 4 is 35.5 Å². The van der Waals surface area contributed by atoms with E-state index in [-0.39, 0.29) is 30.8 Å². The van der Waals surface area contributed by atoms with E-state index >= 15 is 0 Å². The normalized spacial score (nSPS) is 16.0. The van der Waals surface area contributed by atoms with Crippen LogP contribution in [0.25, 0.3) is 0 Å². The van der Waals surface area contributed by atoms with Gasteiger partial charge < -0.3 is 4.74 Å². The van der Waals surface area contributed by atoms with E-state index in [0.717, 1.165) is 11.1 Å². The molecule has 1 atom stereocenters. The molecule has 1 aliphatic rings. The molecule has 178 valence electrons. The maximum atomic E-state index is 13.9. The fourth-order valence-corrected chi connectivity index (χ4v) is 4.65. The lowest BCUT2D eigenvalue weighted by Gasteiger charge is -2.19. The summed E-state index contributed by atoms with van der Waals surface area (Å²) in [7, 11) is -4.00. The highest BCUT2D eigenvalue weighted by atomic mass is 79.9. The van der Waals surface area contributed by atoms with E-state index < -0.39 is 25.8 Å². The molecule has 3 aromatic rings. The number of benzene rings is 3. The third-order valence-electron chi connectivity index (χ3n) is 4.97. The number of hydrogen-bond acceptors (Lipinski definition) is 6. The Morgan fingerprint density at radius 1 is 0.941 bits per heavy atom. The number of amides is 1. The van der Waals surface area contributed by atoms with Crippen LogP contribution in [0.15, 0.2) is 83.3 Å². The van der Waals surface area contributed by atoms with Crippen LogP contribution in [-0.2, 0) is 36.1 Å². The minimum Gasteiger partial charge on any atom is -0.441 e. The minimum atomic E-state index is -4.00. The maximum Gasteiger partial charge on any atom is 0.475 e. The highest BCUT2D eigenvalue weighted by molar-refractivity contribution is 9.10. The van der Waals surface area contributed by atoms with Gasteiger partial charge in [-0.2, -0.15) is 0 Å². The van der Waals surface area contributed by atoms with Crippen LogP contribution in [0.5, 0.6) is 0 Å². The number of carbonyl (C=O) groups is 1. The molecule has 10 heteroatoms. The Morgan fingerprint density at radius 2 is 1.53 bits per heavy atom. The van der Waals surface area contributed by atoms with Gasteiger partial charge in [-0.25, -0.2) is 13.8 Å². The standard InChI is InChI=1S/C24H22BrFNO6P/c25-22-12-11-20(13-23(22)26)27-14-21(33-24(27)28)17-32-34(29,30-15-18-7-3-1-4-8-18)31-16-19-9-5-2-6-10-19/h1-13,21H,14-17H2/t21-/m1/s1. The first-order valence-corrected chi connectivity index (χ1v) is 12.7. The van der Waals surface area contributed by atoms with Crippen molar-refractivity contribution in [1.82, 2.24) is 0 Å². The molecule has 0 N–H and O–H groups in total. The average Bonchev–Trinajstić information content (AvgIpc) is 3.24. The summed E-state index contributed by atoms with van der Waals surface area (Å²) in [4.78, 5) is 13.6. The van der Waals surface area contributed by atoms with Gasteiger partial charge in [-0.05, 0) is 45.3 Å². The summed E-state index contributed by atoms with van der Waals surface area (Å²) in [5, 5.41) is 0. The molecule has 0 spiro atoms. The molecule has 0 radical (unpaired) electrons. The molecule has 0 bridgehead atoms. The molecule has 1 fully saturated rings. The van der Waals surface area contributed by atoms with Gasteiger partial charge in [-0.15, -0.1) is 0 Å². The van der Waals surface area contributed by atoms with Crippen LogP contribution < -0.4 is 4.90 Å². The Kier molecular flexibility index (Phi) is 8.13. The van der Waals surface area contributed by atoms with Gasteiger partial charge in [0.15, 0.2) is 0 Å². The zero-order valence-corrected chi connectivity index (χ0v) is 20.5. The summed E-state index contributed by atoms with van der Waals surface area (Å²) in [6.07, 6.45) is -1.39. The van der Waals surface area contributed by atoms with Crippen LogP contribution in [0.4, 0.5) is 14.9 Å². The summed E-state index contributed by atoms with van der Waals surface area (Å²) < 4.78 is 49.5. The third kappa shape index (κ3) is 6.52. The lowest BCUT2D eigenvalue weighted by atomic mass is 10.2. The summed E-state index contributed by atoms with van der Waals surface area (Å²) in [5.41, 5.74) is 1.94. The van der Waals surface area contributed by atoms with Crippen molar-refractivity contribution in [3.05, 3.63) is 100 Å². The lowest BCUT2D eigenvalue weighted by molar-refractivity contribution is 0.0596. The maximum absolute atomic E-state index is 13.9. The molecule has 1 saturated heterocycles. The monoisotopic (exact) mass is 549 g/mol. The highest BCUT2D eigenvalue weighted by Crippen LogP contribution is 2.51. The van der Waals surface area contributed by atoms with Gasteiger partial charge >= 0.3 is 13.9 Å². The van der Waals surface area contributed by atoms with Crippen LogP contribution in [0.3, 0.4) is 0 Å². The fraction of sp³-hybridized carbons (Fsp3) is 0.208. The lowest BCUT2D eigenvalue weighted by Crippen LogP contribution is -2.26. The zero-order valence-electron chi connectivity index (χ0n) is 18.0. The summed E-state index contributed by atoms with van der Waals surface area (Å²) in [6, 6.07) is 22.7. The number of nitrogens with zero attached hydrogens (tertiary/aromatic N) is 1. The Hall–Kier alpha value is -2.55. The molecule has 3 aromatic carbocycles. The van der Waals surface area contributed by atoms with E-state index in [4.69, 9.17) is 18.3 Å². The SMILES string of the molecule is O=C1O[C@@H](COP(=O)(OCc2ccccc2)OCc2ccccc2)CN1c1ccc(Br)c(F)c1. The van der Waals surface area contributed by atoms with Gasteiger partial charge in [-0.3, -0.25) is 18.5 Å². The molecule has 0 unspecified atom stereocenters. The number of phosphoric acid groups is 1. The smallest absolute Gasteiger partial charge is 0.441 e. The van der Waals surface area contributed by atoms with Crippen LogP contribution >= 0.6 is 23.8 Å². The quantitative estimate of drug-likeness (QED) is 0.270. The van der Waals surface area contributed by atoms with E-state index in [2.05, 4.69) is 15.9 Å². The molecule has 1 heterocycles. The van der Waals surface area contributed by atoms with Crippen molar-refractivity contribution in [3.8, 4) is 0 Å². The van der Waals surface area contributed by atoms with Gasteiger partial charge in [0.05, 0.1) is 36.5 Å². The Labute approximate surface area is 205 Å². The topological polar surface area (TPSA) is 74.3 Å². The number of phosphoric ester groups is 1. The van der Waals surface area contributed by atoms with Crippen molar-refractivity contribution in [3.63, 3.8) is 0 Å². The summed E-state index contributed by atoms with van der Waals surface area (Å²) in [6.45, 7) is -0.0945. The van der Waals surface area contributed by atoms with Crippen molar-refractivity contribution in [2.24, 2.45) is 0 Å². The second-order valence-corrected chi connectivity index (χ2v) is 10.00. The first-order chi connectivity index (χ1) is 16.4. The van der Waals surface area contributed by atoms with Gasteiger partial charge in [0.2, 0.25) is 0 Å². The molecular formula is C24H22BrFNO6P. The largest absolute Gasteiger partial charge is 0.475 e. The minimum absolute atomic E-state index is 0.0155. The Bertz CT molecular complexity index is 1120. The molecule has 1 aliphatic heterocycles. The molecule has 0 saturated carbocycles. The number of rotatable bonds is 10. The van der Waals surface area contributed by atoms with E-state index in [0.29, 0.717) is 5.69 Å². The summed E-state index contributed by atoms with van der Waals surface area (Å²) in [5.74, 6) is -0.502. The van der Waals surface area contributed by atoms with Crippen molar-refractivity contribution in [2.75, 3.05) is 18.1 Å². The van der Waals surface area contributed by atoms with E-state index in [1.165, 1.54) is 17.0 Å². The van der Waals surface area contributed by atoms with Gasteiger partial charge in [0, 0.05) is 0 Å². The second-order valence-electron chi connectivity index (χ2n) is 7.48. The van der Waals surface area contributed by atoms with Crippen LogP contribution in [0, 0.1) is 5.82 Å². The van der Waals surface area contributed by atoms with Gasteiger partial charge in [-0.1, -0.05) is 60.7 Å². The molecule has 0 aliphatic carbocycles. The molecule has 1 amide bonds. The van der Waals surface area contributed by atoms with Crippen molar-refractivity contribution in [1.29, 1.82) is 0 Å². The number of hydrogen-bond donors (Lipinski definition) is 0. The number of carbonyl (C=O) groups excluding carboxylic acids is 1. The fourth-order valence-electron chi connectivity index (χ4n) is 3.21. The third-order valence-corrected chi connectivity index (χ3v) is 6.97. The molecule has 34 heavy (non-hydrogen) atoms. The molecule has 0 aromatic heterocycles. The predicted molar refractivity (Wildman–Crippen MR) is 128 cm³/mol. The Morgan fingerprint density at radius 3 is 2.09 bits per heavy atom. The number of halogens is 2. The average molecular weight is 550 g/mol. The zero-order chi connectivity index (χ0) is 24.0. The number of ether oxygens (including phenoxy) is 1. The Balaban J connectivity index is 1.40. The molecule has 4 rings (SSSR count). The second kappa shape index (κ2) is 11.3. The van der Waals surface area contributed by atoms with E-state index in [1.54, 1.807) is 6.07 Å². The predicted octanol–water partition coefficient (Wildman–Crippen LogP) is 6.47. The van der Waals surface area contributed by atoms with Crippen LogP contribution in [0.1, 0.15) is 11.1 Å². The molecular weight excluding hydrogens is 528 g/mol. The first-order valence-electron chi connectivity index (χ1n) is 10.5. The highest BCUT2D eigenvalue weighted by Gasteiger charge is 2.36. The number of anilines is 1. The first kappa shape index (κ1) is 24.6. The van der Waals surface area contributed by atoms with Gasteiger partial charge in [0.25, 0.3) is 0 Å². The van der Waals surface area contributed by atoms with Crippen molar-refractivity contribution in [2.45, 2.75) is 19.3 Å². The van der Waals surface area contributed by atoms with Crippen molar-refractivity contribution < 1.29 is 32.1 Å². The van der Waals surface area contributed by atoms with Gasteiger partial charge in [0.1, 0.15) is 11.9 Å².